The number of aliphatic imine (C=N–C) groups is 1. The summed E-state index contributed by atoms with van der Waals surface area (Å²) in [6, 6.07) is 20.8. The largest absolute Gasteiger partial charge is 0.457 e. The number of ether oxygens (including phenoxy) is 1. The zero-order chi connectivity index (χ0) is 18.1. The molecule has 0 spiro atoms. The molecule has 1 aliphatic heterocycles. The Labute approximate surface area is 159 Å². The van der Waals surface area contributed by atoms with Crippen molar-refractivity contribution in [3.63, 3.8) is 0 Å². The van der Waals surface area contributed by atoms with Crippen LogP contribution in [0.5, 0.6) is 11.5 Å². The van der Waals surface area contributed by atoms with Gasteiger partial charge in [-0.3, -0.25) is 4.79 Å². The first-order valence-corrected chi connectivity index (χ1v) is 8.93. The predicted octanol–water partition coefficient (Wildman–Crippen LogP) is 5.62. The molecule has 0 bridgehead atoms. The van der Waals surface area contributed by atoms with E-state index in [1.807, 2.05) is 73.7 Å². The topological polar surface area (TPSA) is 50.7 Å². The fraction of sp³-hybridized carbons (Fsp3) is 0.0476. The molecule has 0 unspecified atom stereocenters. The summed E-state index contributed by atoms with van der Waals surface area (Å²) in [5.41, 5.74) is 3.74. The molecule has 128 valence electrons. The molecule has 0 aromatic heterocycles. The van der Waals surface area contributed by atoms with Gasteiger partial charge in [-0.15, -0.1) is 0 Å². The molecule has 0 saturated carbocycles. The van der Waals surface area contributed by atoms with Gasteiger partial charge in [-0.05, 0) is 61.0 Å². The number of rotatable bonds is 3. The van der Waals surface area contributed by atoms with Crippen LogP contribution in [-0.2, 0) is 4.79 Å². The smallest absolute Gasteiger partial charge is 0.275 e. The van der Waals surface area contributed by atoms with E-state index in [4.69, 9.17) is 4.74 Å². The van der Waals surface area contributed by atoms with Crippen LogP contribution in [0.25, 0.3) is 0 Å². The highest BCUT2D eigenvalue weighted by atomic mass is 79.9. The standard InChI is InChI=1S/C21H15BrN2O2/c1-13-11-14(22)12-18-19(13)24-21(25)20(18)23-15-7-9-17(10-8-15)26-16-5-3-2-4-6-16/h2-12H,1H3,(H,23,24,25). The van der Waals surface area contributed by atoms with Crippen molar-refractivity contribution >= 4 is 38.9 Å². The van der Waals surface area contributed by atoms with E-state index < -0.39 is 0 Å². The van der Waals surface area contributed by atoms with Gasteiger partial charge in [0.15, 0.2) is 0 Å². The number of hydrogen-bond acceptors (Lipinski definition) is 3. The monoisotopic (exact) mass is 406 g/mol. The number of fused-ring (bicyclic) bond motifs is 1. The number of carbonyl (C=O) groups is 1. The van der Waals surface area contributed by atoms with E-state index in [1.54, 1.807) is 0 Å². The highest BCUT2D eigenvalue weighted by Gasteiger charge is 2.27. The Balaban J connectivity index is 1.62. The molecule has 3 aromatic rings. The Morgan fingerprint density at radius 1 is 0.962 bits per heavy atom. The summed E-state index contributed by atoms with van der Waals surface area (Å²) in [4.78, 5) is 16.9. The molecule has 0 radical (unpaired) electrons. The number of para-hydroxylation sites is 1. The van der Waals surface area contributed by atoms with E-state index in [2.05, 4.69) is 26.2 Å². The molecular formula is C21H15BrN2O2. The Morgan fingerprint density at radius 2 is 1.65 bits per heavy atom. The minimum Gasteiger partial charge on any atom is -0.457 e. The van der Waals surface area contributed by atoms with Gasteiger partial charge in [0, 0.05) is 10.0 Å². The molecule has 0 saturated heterocycles. The van der Waals surface area contributed by atoms with Crippen molar-refractivity contribution in [1.82, 2.24) is 0 Å². The van der Waals surface area contributed by atoms with Crippen LogP contribution in [0.2, 0.25) is 0 Å². The van der Waals surface area contributed by atoms with E-state index in [0.29, 0.717) is 11.4 Å². The van der Waals surface area contributed by atoms with E-state index in [1.165, 1.54) is 0 Å². The number of carbonyl (C=O) groups excluding carboxylic acids is 1. The lowest BCUT2D eigenvalue weighted by Crippen LogP contribution is -2.13. The van der Waals surface area contributed by atoms with Gasteiger partial charge in [-0.2, -0.15) is 0 Å². The van der Waals surface area contributed by atoms with Gasteiger partial charge in [0.1, 0.15) is 17.2 Å². The molecule has 26 heavy (non-hydrogen) atoms. The Kier molecular flexibility index (Phi) is 4.31. The molecule has 4 nitrogen and oxygen atoms in total. The predicted molar refractivity (Wildman–Crippen MR) is 107 cm³/mol. The summed E-state index contributed by atoms with van der Waals surface area (Å²) >= 11 is 3.48. The minimum atomic E-state index is -0.189. The van der Waals surface area contributed by atoms with Crippen LogP contribution in [0.3, 0.4) is 0 Å². The molecule has 1 amide bonds. The molecule has 5 heteroatoms. The van der Waals surface area contributed by atoms with Crippen LogP contribution >= 0.6 is 15.9 Å². The summed E-state index contributed by atoms with van der Waals surface area (Å²) in [6.07, 6.45) is 0. The number of anilines is 1. The molecule has 1 N–H and O–H groups in total. The van der Waals surface area contributed by atoms with Crippen LogP contribution in [0.15, 0.2) is 76.2 Å². The molecule has 1 heterocycles. The Morgan fingerprint density at radius 3 is 2.38 bits per heavy atom. The van der Waals surface area contributed by atoms with E-state index in [0.717, 1.165) is 32.8 Å². The van der Waals surface area contributed by atoms with Gasteiger partial charge in [-0.25, -0.2) is 4.99 Å². The summed E-state index contributed by atoms with van der Waals surface area (Å²) < 4.78 is 6.70. The average Bonchev–Trinajstić information content (AvgIpc) is 2.94. The zero-order valence-corrected chi connectivity index (χ0v) is 15.6. The zero-order valence-electron chi connectivity index (χ0n) is 14.0. The van der Waals surface area contributed by atoms with Crippen molar-refractivity contribution in [2.75, 3.05) is 5.32 Å². The number of halogens is 1. The highest BCUT2D eigenvalue weighted by Crippen LogP contribution is 2.32. The van der Waals surface area contributed by atoms with Crippen molar-refractivity contribution in [3.05, 3.63) is 82.3 Å². The lowest BCUT2D eigenvalue weighted by molar-refractivity contribution is -0.110. The third kappa shape index (κ3) is 3.26. The summed E-state index contributed by atoms with van der Waals surface area (Å²) in [5, 5.41) is 2.89. The van der Waals surface area contributed by atoms with Crippen LogP contribution in [0.1, 0.15) is 11.1 Å². The second kappa shape index (κ2) is 6.77. The third-order valence-corrected chi connectivity index (χ3v) is 4.52. The summed E-state index contributed by atoms with van der Waals surface area (Å²) in [7, 11) is 0. The summed E-state index contributed by atoms with van der Waals surface area (Å²) in [5.74, 6) is 1.30. The number of amides is 1. The van der Waals surface area contributed by atoms with Crippen molar-refractivity contribution in [2.24, 2.45) is 4.99 Å². The van der Waals surface area contributed by atoms with Gasteiger partial charge >= 0.3 is 0 Å². The van der Waals surface area contributed by atoms with Gasteiger partial charge < -0.3 is 10.1 Å². The van der Waals surface area contributed by atoms with Crippen LogP contribution in [-0.4, -0.2) is 11.6 Å². The average molecular weight is 407 g/mol. The van der Waals surface area contributed by atoms with Gasteiger partial charge in [0.05, 0.1) is 11.4 Å². The second-order valence-electron chi connectivity index (χ2n) is 5.97. The SMILES string of the molecule is Cc1cc(Br)cc2c1NC(=O)C2=Nc1ccc(Oc2ccccc2)cc1. The Hall–Kier alpha value is -2.92. The first-order chi connectivity index (χ1) is 12.6. The number of benzene rings is 3. The van der Waals surface area contributed by atoms with Gasteiger partial charge in [0.2, 0.25) is 0 Å². The highest BCUT2D eigenvalue weighted by molar-refractivity contribution is 9.10. The van der Waals surface area contributed by atoms with E-state index in [9.17, 15) is 4.79 Å². The fourth-order valence-electron chi connectivity index (χ4n) is 2.84. The molecular weight excluding hydrogens is 392 g/mol. The minimum absolute atomic E-state index is 0.189. The lowest BCUT2D eigenvalue weighted by atomic mass is 10.1. The quantitative estimate of drug-likeness (QED) is 0.613. The van der Waals surface area contributed by atoms with Crippen molar-refractivity contribution in [1.29, 1.82) is 0 Å². The van der Waals surface area contributed by atoms with Crippen molar-refractivity contribution in [3.8, 4) is 11.5 Å². The maximum Gasteiger partial charge on any atom is 0.275 e. The molecule has 1 aliphatic rings. The number of hydrogen-bond donors (Lipinski definition) is 1. The Bertz CT molecular complexity index is 1010. The van der Waals surface area contributed by atoms with Gasteiger partial charge in [0.25, 0.3) is 5.91 Å². The van der Waals surface area contributed by atoms with Crippen molar-refractivity contribution < 1.29 is 9.53 Å². The molecule has 0 atom stereocenters. The maximum atomic E-state index is 12.3. The lowest BCUT2D eigenvalue weighted by Gasteiger charge is -2.06. The first-order valence-electron chi connectivity index (χ1n) is 8.14. The number of nitrogens with one attached hydrogen (secondary N) is 1. The van der Waals surface area contributed by atoms with Crippen LogP contribution in [0.4, 0.5) is 11.4 Å². The third-order valence-electron chi connectivity index (χ3n) is 4.07. The number of nitrogens with zero attached hydrogens (tertiary/aromatic N) is 1. The van der Waals surface area contributed by atoms with Crippen LogP contribution < -0.4 is 10.1 Å². The second-order valence-corrected chi connectivity index (χ2v) is 6.88. The van der Waals surface area contributed by atoms with Gasteiger partial charge in [-0.1, -0.05) is 34.1 Å². The van der Waals surface area contributed by atoms with Crippen LogP contribution in [0, 0.1) is 6.92 Å². The molecule has 0 fully saturated rings. The van der Waals surface area contributed by atoms with E-state index in [-0.39, 0.29) is 5.91 Å². The first kappa shape index (κ1) is 16.5. The normalized spacial score (nSPS) is 14.2. The maximum absolute atomic E-state index is 12.3. The molecule has 0 aliphatic carbocycles. The molecule has 3 aromatic carbocycles. The fourth-order valence-corrected chi connectivity index (χ4v) is 3.42. The summed E-state index contributed by atoms with van der Waals surface area (Å²) in [6.45, 7) is 1.96. The van der Waals surface area contributed by atoms with E-state index >= 15 is 0 Å². The number of aryl methyl sites for hydroxylation is 1. The molecule has 4 rings (SSSR count). The van der Waals surface area contributed by atoms with Crippen molar-refractivity contribution in [2.45, 2.75) is 6.92 Å².